The molecule has 6 nitrogen and oxygen atoms in total. The number of piperazine rings is 1. The van der Waals surface area contributed by atoms with E-state index < -0.39 is 0 Å². The smallest absolute Gasteiger partial charge is 0.205 e. The van der Waals surface area contributed by atoms with Crippen molar-refractivity contribution in [3.8, 4) is 0 Å². The van der Waals surface area contributed by atoms with Gasteiger partial charge in [-0.25, -0.2) is 4.98 Å². The van der Waals surface area contributed by atoms with E-state index in [-0.39, 0.29) is 0 Å². The first-order valence-electron chi connectivity index (χ1n) is 9.81. The Labute approximate surface area is 165 Å². The Kier molecular flexibility index (Phi) is 5.29. The minimum absolute atomic E-state index is 0.498. The molecule has 1 saturated heterocycles. The third kappa shape index (κ3) is 3.93. The molecule has 1 aromatic carbocycles. The summed E-state index contributed by atoms with van der Waals surface area (Å²) < 4.78 is 4.41. The summed E-state index contributed by atoms with van der Waals surface area (Å²) in [7, 11) is 1.89. The van der Waals surface area contributed by atoms with Crippen LogP contribution in [-0.4, -0.2) is 59.5 Å². The second kappa shape index (κ2) is 7.84. The normalized spacial score (nSPS) is 22.9. The second-order valence-corrected chi connectivity index (χ2v) is 8.05. The van der Waals surface area contributed by atoms with Crippen LogP contribution in [0.25, 0.3) is 0 Å². The second-order valence-electron chi connectivity index (χ2n) is 7.32. The molecule has 7 heteroatoms. The number of guanidine groups is 1. The van der Waals surface area contributed by atoms with Crippen molar-refractivity contribution in [2.45, 2.75) is 38.6 Å². The highest BCUT2D eigenvalue weighted by molar-refractivity contribution is 7.09. The first-order chi connectivity index (χ1) is 13.2. The van der Waals surface area contributed by atoms with Gasteiger partial charge in [0.1, 0.15) is 5.82 Å². The Hall–Kier alpha value is -2.15. The van der Waals surface area contributed by atoms with Gasteiger partial charge in [-0.05, 0) is 24.5 Å². The molecule has 1 aliphatic heterocycles. The Bertz CT molecular complexity index is 808. The van der Waals surface area contributed by atoms with Crippen molar-refractivity contribution in [2.24, 2.45) is 4.99 Å². The highest BCUT2D eigenvalue weighted by Gasteiger charge is 2.40. The van der Waals surface area contributed by atoms with Gasteiger partial charge in [0.15, 0.2) is 5.96 Å². The quantitative estimate of drug-likeness (QED) is 0.649. The lowest BCUT2D eigenvalue weighted by Gasteiger charge is -2.36. The van der Waals surface area contributed by atoms with Gasteiger partial charge < -0.3 is 15.1 Å². The molecule has 1 N–H and O–H groups in total. The van der Waals surface area contributed by atoms with E-state index in [9.17, 15) is 0 Å². The van der Waals surface area contributed by atoms with Crippen molar-refractivity contribution in [1.29, 1.82) is 0 Å². The van der Waals surface area contributed by atoms with Gasteiger partial charge in [0.2, 0.25) is 5.13 Å². The molecule has 1 aromatic heterocycles. The van der Waals surface area contributed by atoms with E-state index in [1.807, 2.05) is 7.05 Å². The van der Waals surface area contributed by atoms with Crippen molar-refractivity contribution in [1.82, 2.24) is 19.6 Å². The monoisotopic (exact) mass is 384 g/mol. The lowest BCUT2D eigenvalue weighted by Crippen LogP contribution is -2.53. The number of anilines is 1. The summed E-state index contributed by atoms with van der Waals surface area (Å²) in [4.78, 5) is 13.9. The Morgan fingerprint density at radius 3 is 2.70 bits per heavy atom. The van der Waals surface area contributed by atoms with Crippen molar-refractivity contribution < 1.29 is 0 Å². The average molecular weight is 385 g/mol. The molecule has 4 rings (SSSR count). The maximum absolute atomic E-state index is 4.62. The highest BCUT2D eigenvalue weighted by atomic mass is 32.1. The lowest BCUT2D eigenvalue weighted by atomic mass is 10.0. The molecule has 2 unspecified atom stereocenters. The molecular weight excluding hydrogens is 356 g/mol. The zero-order valence-corrected chi connectivity index (χ0v) is 17.2. The largest absolute Gasteiger partial charge is 0.353 e. The fourth-order valence-electron chi connectivity index (χ4n) is 3.79. The van der Waals surface area contributed by atoms with E-state index in [2.05, 4.69) is 67.6 Å². The SMILES string of the molecule is CCc1nsc(N2CCN(C(=NC)NC3CC3c3ccccc3C)CC2)n1. The molecule has 0 spiro atoms. The third-order valence-electron chi connectivity index (χ3n) is 5.53. The summed E-state index contributed by atoms with van der Waals surface area (Å²) in [5.41, 5.74) is 2.86. The van der Waals surface area contributed by atoms with E-state index in [4.69, 9.17) is 0 Å². The molecule has 0 amide bonds. The van der Waals surface area contributed by atoms with Gasteiger partial charge in [-0.15, -0.1) is 0 Å². The van der Waals surface area contributed by atoms with Gasteiger partial charge in [-0.3, -0.25) is 4.99 Å². The van der Waals surface area contributed by atoms with E-state index in [0.717, 1.165) is 49.5 Å². The molecular formula is C20H28N6S. The summed E-state index contributed by atoms with van der Waals surface area (Å²) in [6, 6.07) is 9.22. The van der Waals surface area contributed by atoms with Crippen LogP contribution in [0.15, 0.2) is 29.3 Å². The Balaban J connectivity index is 1.32. The first-order valence-corrected chi connectivity index (χ1v) is 10.6. The molecule has 27 heavy (non-hydrogen) atoms. The van der Waals surface area contributed by atoms with Gasteiger partial charge in [-0.1, -0.05) is 31.2 Å². The summed E-state index contributed by atoms with van der Waals surface area (Å²) in [5, 5.41) is 4.74. The van der Waals surface area contributed by atoms with E-state index in [1.165, 1.54) is 29.1 Å². The summed E-state index contributed by atoms with van der Waals surface area (Å²) in [6.45, 7) is 8.15. The molecule has 1 saturated carbocycles. The van der Waals surface area contributed by atoms with E-state index >= 15 is 0 Å². The summed E-state index contributed by atoms with van der Waals surface area (Å²) >= 11 is 1.52. The number of benzene rings is 1. The van der Waals surface area contributed by atoms with Crippen LogP contribution in [0.2, 0.25) is 0 Å². The van der Waals surface area contributed by atoms with Gasteiger partial charge in [0, 0.05) is 63.1 Å². The predicted molar refractivity (Wildman–Crippen MR) is 112 cm³/mol. The predicted octanol–water partition coefficient (Wildman–Crippen LogP) is 2.66. The van der Waals surface area contributed by atoms with Crippen LogP contribution in [0.1, 0.15) is 36.2 Å². The third-order valence-corrected chi connectivity index (χ3v) is 6.34. The van der Waals surface area contributed by atoms with Crippen LogP contribution < -0.4 is 10.2 Å². The number of nitrogens with one attached hydrogen (secondary N) is 1. The van der Waals surface area contributed by atoms with Gasteiger partial charge in [-0.2, -0.15) is 4.37 Å². The summed E-state index contributed by atoms with van der Waals surface area (Å²) in [5.74, 6) is 2.59. The van der Waals surface area contributed by atoms with Crippen LogP contribution in [0.4, 0.5) is 5.13 Å². The number of hydrogen-bond donors (Lipinski definition) is 1. The molecule has 2 heterocycles. The Morgan fingerprint density at radius 1 is 1.26 bits per heavy atom. The first kappa shape index (κ1) is 18.2. The standard InChI is InChI=1S/C20H28N6S/c1-4-18-23-20(27-24-18)26-11-9-25(10-12-26)19(21-3)22-17-13-16(17)15-8-6-5-7-14(15)2/h5-8,16-17H,4,9-13H2,1-3H3,(H,21,22). The molecule has 2 aromatic rings. The maximum Gasteiger partial charge on any atom is 0.205 e. The van der Waals surface area contributed by atoms with Crippen LogP contribution >= 0.6 is 11.5 Å². The van der Waals surface area contributed by atoms with Gasteiger partial charge in [0.25, 0.3) is 0 Å². The average Bonchev–Trinajstić information content (AvgIpc) is 3.29. The molecule has 0 radical (unpaired) electrons. The zero-order valence-electron chi connectivity index (χ0n) is 16.4. The number of aromatic nitrogens is 2. The van der Waals surface area contributed by atoms with Crippen LogP contribution in [0, 0.1) is 6.92 Å². The fourth-order valence-corrected chi connectivity index (χ4v) is 4.59. The van der Waals surface area contributed by atoms with E-state index in [1.54, 1.807) is 0 Å². The van der Waals surface area contributed by atoms with Crippen molar-refractivity contribution >= 4 is 22.6 Å². The fraction of sp³-hybridized carbons (Fsp3) is 0.550. The van der Waals surface area contributed by atoms with Crippen molar-refractivity contribution in [2.75, 3.05) is 38.1 Å². The molecule has 144 valence electrons. The minimum atomic E-state index is 0.498. The van der Waals surface area contributed by atoms with Gasteiger partial charge >= 0.3 is 0 Å². The minimum Gasteiger partial charge on any atom is -0.353 e. The lowest BCUT2D eigenvalue weighted by molar-refractivity contribution is 0.372. The van der Waals surface area contributed by atoms with Crippen LogP contribution in [0.5, 0.6) is 0 Å². The number of aliphatic imine (C=N–C) groups is 1. The van der Waals surface area contributed by atoms with E-state index in [0.29, 0.717) is 12.0 Å². The van der Waals surface area contributed by atoms with Crippen LogP contribution in [-0.2, 0) is 6.42 Å². The number of rotatable bonds is 4. The summed E-state index contributed by atoms with van der Waals surface area (Å²) in [6.07, 6.45) is 2.09. The molecule has 1 aliphatic carbocycles. The molecule has 2 atom stereocenters. The maximum atomic E-state index is 4.62. The number of nitrogens with zero attached hydrogens (tertiary/aromatic N) is 5. The molecule has 2 fully saturated rings. The van der Waals surface area contributed by atoms with Crippen molar-refractivity contribution in [3.05, 3.63) is 41.2 Å². The topological polar surface area (TPSA) is 56.7 Å². The van der Waals surface area contributed by atoms with Crippen LogP contribution in [0.3, 0.4) is 0 Å². The Morgan fingerprint density at radius 2 is 2.04 bits per heavy atom. The zero-order chi connectivity index (χ0) is 18.8. The highest BCUT2D eigenvalue weighted by Crippen LogP contribution is 2.42. The molecule has 0 bridgehead atoms. The molecule has 2 aliphatic rings. The number of hydrogen-bond acceptors (Lipinski definition) is 5. The van der Waals surface area contributed by atoms with Crippen molar-refractivity contribution in [3.63, 3.8) is 0 Å². The van der Waals surface area contributed by atoms with Gasteiger partial charge in [0.05, 0.1) is 0 Å². The number of aryl methyl sites for hydroxylation is 2.